The second-order valence-electron chi connectivity index (χ2n) is 3.23. The number of nitrogens with two attached hydrogens (primary N) is 2. The van der Waals surface area contributed by atoms with Crippen molar-refractivity contribution in [2.24, 2.45) is 22.6 Å². The summed E-state index contributed by atoms with van der Waals surface area (Å²) in [4.78, 5) is 1.76. The minimum Gasteiger partial charge on any atom is -0.396 e. The minimum atomic E-state index is -0.452. The first-order valence-electron chi connectivity index (χ1n) is 4.26. The van der Waals surface area contributed by atoms with Gasteiger partial charge >= 0.3 is 0 Å². The van der Waals surface area contributed by atoms with Gasteiger partial charge in [0.05, 0.1) is 12.7 Å². The molecule has 0 aliphatic carbocycles. The number of aliphatic hydroxyl groups excluding tert-OH is 2. The molecule has 1 fully saturated rings. The highest BCUT2D eigenvalue weighted by Crippen LogP contribution is 2.15. The molecule has 6 heteroatoms. The molecule has 0 amide bonds. The van der Waals surface area contributed by atoms with Crippen LogP contribution in [0.5, 0.6) is 0 Å². The third-order valence-corrected chi connectivity index (χ3v) is 2.38. The SMILES string of the molecule is N/N=C(\N)N1CCC(O)C(CO)C1. The Hall–Kier alpha value is -1.01. The van der Waals surface area contributed by atoms with Gasteiger partial charge < -0.3 is 26.7 Å². The molecule has 2 atom stereocenters. The number of rotatable bonds is 1. The first-order valence-corrected chi connectivity index (χ1v) is 4.26. The molecule has 1 aliphatic rings. The normalized spacial score (nSPS) is 30.6. The number of hydrogen-bond acceptors (Lipinski definition) is 4. The molecule has 1 rings (SSSR count). The maximum atomic E-state index is 9.44. The van der Waals surface area contributed by atoms with Crippen molar-refractivity contribution in [3.63, 3.8) is 0 Å². The van der Waals surface area contributed by atoms with Crippen molar-refractivity contribution in [3.05, 3.63) is 0 Å². The van der Waals surface area contributed by atoms with Crippen molar-refractivity contribution in [1.82, 2.24) is 4.90 Å². The summed E-state index contributed by atoms with van der Waals surface area (Å²) in [6.07, 6.45) is 0.133. The molecule has 1 saturated heterocycles. The summed E-state index contributed by atoms with van der Waals surface area (Å²) in [7, 11) is 0. The van der Waals surface area contributed by atoms with E-state index in [2.05, 4.69) is 5.10 Å². The van der Waals surface area contributed by atoms with Crippen molar-refractivity contribution < 1.29 is 10.2 Å². The van der Waals surface area contributed by atoms with Gasteiger partial charge in [0, 0.05) is 19.0 Å². The van der Waals surface area contributed by atoms with Crippen LogP contribution in [0.15, 0.2) is 5.10 Å². The van der Waals surface area contributed by atoms with Gasteiger partial charge in [-0.05, 0) is 6.42 Å². The molecule has 0 bridgehead atoms. The van der Waals surface area contributed by atoms with E-state index in [1.54, 1.807) is 4.90 Å². The Morgan fingerprint density at radius 1 is 1.62 bits per heavy atom. The molecule has 0 aromatic heterocycles. The number of nitrogens with zero attached hydrogens (tertiary/aromatic N) is 2. The van der Waals surface area contributed by atoms with Gasteiger partial charge in [-0.3, -0.25) is 0 Å². The Balaban J connectivity index is 2.54. The number of likely N-dealkylation sites (tertiary alicyclic amines) is 1. The summed E-state index contributed by atoms with van der Waals surface area (Å²) in [5.74, 6) is 5.12. The van der Waals surface area contributed by atoms with E-state index in [-0.39, 0.29) is 18.5 Å². The highest BCUT2D eigenvalue weighted by atomic mass is 16.3. The fraction of sp³-hybridized carbons (Fsp3) is 0.857. The second kappa shape index (κ2) is 4.29. The van der Waals surface area contributed by atoms with Gasteiger partial charge in [0.25, 0.3) is 0 Å². The van der Waals surface area contributed by atoms with Crippen LogP contribution in [0.25, 0.3) is 0 Å². The van der Waals surface area contributed by atoms with Crippen LogP contribution in [0.4, 0.5) is 0 Å². The van der Waals surface area contributed by atoms with Crippen LogP contribution in [0, 0.1) is 5.92 Å². The molecule has 0 radical (unpaired) electrons. The average Bonchev–Trinajstić information content (AvgIpc) is 2.17. The Morgan fingerprint density at radius 2 is 2.31 bits per heavy atom. The van der Waals surface area contributed by atoms with E-state index in [9.17, 15) is 5.11 Å². The quantitative estimate of drug-likeness (QED) is 0.162. The van der Waals surface area contributed by atoms with Crippen molar-refractivity contribution in [2.45, 2.75) is 12.5 Å². The molecule has 6 N–H and O–H groups in total. The van der Waals surface area contributed by atoms with E-state index in [0.29, 0.717) is 19.5 Å². The van der Waals surface area contributed by atoms with Gasteiger partial charge in [0.15, 0.2) is 0 Å². The lowest BCUT2D eigenvalue weighted by atomic mass is 9.96. The number of aliphatic hydroxyl groups is 2. The van der Waals surface area contributed by atoms with Crippen molar-refractivity contribution in [2.75, 3.05) is 19.7 Å². The van der Waals surface area contributed by atoms with E-state index < -0.39 is 6.10 Å². The van der Waals surface area contributed by atoms with Gasteiger partial charge in [0.1, 0.15) is 0 Å². The van der Waals surface area contributed by atoms with E-state index >= 15 is 0 Å². The van der Waals surface area contributed by atoms with Crippen LogP contribution in [-0.4, -0.2) is 46.9 Å². The van der Waals surface area contributed by atoms with Gasteiger partial charge in [-0.1, -0.05) is 0 Å². The number of guanidine groups is 1. The zero-order valence-electron chi connectivity index (χ0n) is 7.43. The Labute approximate surface area is 76.8 Å². The molecule has 1 heterocycles. The highest BCUT2D eigenvalue weighted by molar-refractivity contribution is 5.77. The summed E-state index contributed by atoms with van der Waals surface area (Å²) in [5.41, 5.74) is 5.50. The average molecular weight is 188 g/mol. The third-order valence-electron chi connectivity index (χ3n) is 2.38. The fourth-order valence-electron chi connectivity index (χ4n) is 1.49. The topological polar surface area (TPSA) is 108 Å². The smallest absolute Gasteiger partial charge is 0.213 e. The number of piperidine rings is 1. The third kappa shape index (κ3) is 2.22. The van der Waals surface area contributed by atoms with Crippen LogP contribution in [-0.2, 0) is 0 Å². The molecule has 76 valence electrons. The Kier molecular flexibility index (Phi) is 3.32. The van der Waals surface area contributed by atoms with Crippen molar-refractivity contribution in [1.29, 1.82) is 0 Å². The zero-order valence-corrected chi connectivity index (χ0v) is 7.43. The maximum absolute atomic E-state index is 9.44. The predicted molar refractivity (Wildman–Crippen MR) is 48.6 cm³/mol. The summed E-state index contributed by atoms with van der Waals surface area (Å²) in [6, 6.07) is 0. The monoisotopic (exact) mass is 188 g/mol. The molecule has 0 spiro atoms. The predicted octanol–water partition coefficient (Wildman–Crippen LogP) is -2.15. The van der Waals surface area contributed by atoms with Gasteiger partial charge in [-0.15, -0.1) is 5.10 Å². The molecule has 2 unspecified atom stereocenters. The van der Waals surface area contributed by atoms with Crippen LogP contribution in [0.1, 0.15) is 6.42 Å². The van der Waals surface area contributed by atoms with Gasteiger partial charge in [-0.25, -0.2) is 0 Å². The Bertz CT molecular complexity index is 197. The molecule has 6 nitrogen and oxygen atoms in total. The highest BCUT2D eigenvalue weighted by Gasteiger charge is 2.27. The molecular formula is C7H16N4O2. The van der Waals surface area contributed by atoms with Gasteiger partial charge in [-0.2, -0.15) is 0 Å². The van der Waals surface area contributed by atoms with Crippen LogP contribution in [0.3, 0.4) is 0 Å². The van der Waals surface area contributed by atoms with E-state index in [1.165, 1.54) is 0 Å². The second-order valence-corrected chi connectivity index (χ2v) is 3.23. The molecule has 1 aliphatic heterocycles. The van der Waals surface area contributed by atoms with Crippen molar-refractivity contribution in [3.8, 4) is 0 Å². The molecule has 0 aromatic carbocycles. The van der Waals surface area contributed by atoms with E-state index in [4.69, 9.17) is 16.7 Å². The molecule has 0 saturated carbocycles. The van der Waals surface area contributed by atoms with E-state index in [0.717, 1.165) is 0 Å². The maximum Gasteiger partial charge on any atom is 0.213 e. The summed E-state index contributed by atoms with van der Waals surface area (Å²) in [6.45, 7) is 1.09. The van der Waals surface area contributed by atoms with Crippen molar-refractivity contribution >= 4 is 5.96 Å². The van der Waals surface area contributed by atoms with Crippen LogP contribution in [0.2, 0.25) is 0 Å². The van der Waals surface area contributed by atoms with Crippen LogP contribution >= 0.6 is 0 Å². The first kappa shape index (κ1) is 10.1. The largest absolute Gasteiger partial charge is 0.396 e. The fourth-order valence-corrected chi connectivity index (χ4v) is 1.49. The lowest BCUT2D eigenvalue weighted by Crippen LogP contribution is -2.50. The number of hydrazone groups is 1. The molecule has 0 aromatic rings. The standard InChI is InChI=1S/C7H16N4O2/c8-7(10-9)11-2-1-6(13)5(3-11)4-12/h5-6,12-13H,1-4,9H2,(H2,8,10). The summed E-state index contributed by atoms with van der Waals surface area (Å²) >= 11 is 0. The number of hydrogen-bond donors (Lipinski definition) is 4. The lowest BCUT2D eigenvalue weighted by Gasteiger charge is -2.35. The van der Waals surface area contributed by atoms with Crippen LogP contribution < -0.4 is 11.6 Å². The molecular weight excluding hydrogens is 172 g/mol. The van der Waals surface area contributed by atoms with Gasteiger partial charge in [0.2, 0.25) is 5.96 Å². The Morgan fingerprint density at radius 3 is 2.85 bits per heavy atom. The van der Waals surface area contributed by atoms with E-state index in [1.807, 2.05) is 0 Å². The summed E-state index contributed by atoms with van der Waals surface area (Å²) < 4.78 is 0. The first-order chi connectivity index (χ1) is 6.19. The summed E-state index contributed by atoms with van der Waals surface area (Å²) in [5, 5.41) is 21.7. The molecule has 13 heavy (non-hydrogen) atoms. The minimum absolute atomic E-state index is 0.0461. The lowest BCUT2D eigenvalue weighted by molar-refractivity contribution is 0.0194. The zero-order chi connectivity index (χ0) is 9.84.